The van der Waals surface area contributed by atoms with Gasteiger partial charge in [0.15, 0.2) is 0 Å². The summed E-state index contributed by atoms with van der Waals surface area (Å²) >= 11 is 0. The number of carboxylic acid groups (broad SMARTS) is 1. The second-order valence-corrected chi connectivity index (χ2v) is 3.25. The molecule has 1 aliphatic carbocycles. The van der Waals surface area contributed by atoms with E-state index in [9.17, 15) is 9.18 Å². The van der Waals surface area contributed by atoms with Gasteiger partial charge in [-0.25, -0.2) is 9.18 Å². The first-order valence-corrected chi connectivity index (χ1v) is 4.16. The number of hydrogen-bond acceptors (Lipinski definition) is 1. The Bertz CT molecular complexity index is 349. The maximum Gasteiger partial charge on any atom is 0.335 e. The molecule has 1 aromatic rings. The summed E-state index contributed by atoms with van der Waals surface area (Å²) in [6.07, 6.45) is -0.384. The molecule has 0 radical (unpaired) electrons. The van der Waals surface area contributed by atoms with Crippen molar-refractivity contribution in [2.24, 2.45) is 0 Å². The fourth-order valence-electron chi connectivity index (χ4n) is 1.50. The van der Waals surface area contributed by atoms with E-state index in [2.05, 4.69) is 0 Å². The Morgan fingerprint density at radius 2 is 2.08 bits per heavy atom. The van der Waals surface area contributed by atoms with Crippen LogP contribution in [0.1, 0.15) is 28.3 Å². The highest BCUT2D eigenvalue weighted by Gasteiger charge is 2.40. The lowest BCUT2D eigenvalue weighted by Gasteiger charge is -2.02. The van der Waals surface area contributed by atoms with Gasteiger partial charge in [-0.3, -0.25) is 0 Å². The second kappa shape index (κ2) is 2.83. The molecule has 0 saturated heterocycles. The first-order valence-electron chi connectivity index (χ1n) is 4.16. The predicted molar refractivity (Wildman–Crippen MR) is 45.7 cm³/mol. The molecule has 0 bridgehead atoms. The Kier molecular flexibility index (Phi) is 1.79. The van der Waals surface area contributed by atoms with Gasteiger partial charge in [-0.2, -0.15) is 0 Å². The van der Waals surface area contributed by atoms with Crippen LogP contribution in [0.25, 0.3) is 0 Å². The normalized spacial score (nSPS) is 25.6. The molecular formula is C10H9FO2. The van der Waals surface area contributed by atoms with E-state index in [1.807, 2.05) is 0 Å². The highest BCUT2D eigenvalue weighted by molar-refractivity contribution is 5.89. The topological polar surface area (TPSA) is 37.3 Å². The van der Waals surface area contributed by atoms with Crippen LogP contribution < -0.4 is 0 Å². The minimum absolute atomic E-state index is 0.188. The fourth-order valence-corrected chi connectivity index (χ4v) is 1.50. The zero-order valence-electron chi connectivity index (χ0n) is 6.90. The van der Waals surface area contributed by atoms with Crippen molar-refractivity contribution in [2.45, 2.75) is 18.5 Å². The van der Waals surface area contributed by atoms with Gasteiger partial charge in [-0.15, -0.1) is 0 Å². The van der Waals surface area contributed by atoms with Gasteiger partial charge in [0.25, 0.3) is 0 Å². The van der Waals surface area contributed by atoms with Crippen molar-refractivity contribution in [2.75, 3.05) is 0 Å². The number of halogens is 1. The van der Waals surface area contributed by atoms with E-state index in [1.54, 1.807) is 18.2 Å². The number of benzene rings is 1. The number of aromatic carboxylic acids is 1. The third-order valence-corrected chi connectivity index (χ3v) is 2.30. The molecule has 1 aliphatic rings. The zero-order valence-corrected chi connectivity index (χ0v) is 6.90. The third-order valence-electron chi connectivity index (χ3n) is 2.30. The highest BCUT2D eigenvalue weighted by Crippen LogP contribution is 2.44. The maximum atomic E-state index is 12.7. The lowest BCUT2D eigenvalue weighted by Crippen LogP contribution is -2.01. The van der Waals surface area contributed by atoms with Crippen LogP contribution in [0.3, 0.4) is 0 Å². The van der Waals surface area contributed by atoms with Crippen molar-refractivity contribution in [3.8, 4) is 0 Å². The van der Waals surface area contributed by atoms with Gasteiger partial charge < -0.3 is 5.11 Å². The van der Waals surface area contributed by atoms with Crippen LogP contribution in [-0.4, -0.2) is 17.2 Å². The molecule has 2 atom stereocenters. The zero-order chi connectivity index (χ0) is 9.42. The van der Waals surface area contributed by atoms with E-state index < -0.39 is 12.1 Å². The molecule has 1 aromatic carbocycles. The van der Waals surface area contributed by atoms with E-state index >= 15 is 0 Å². The molecule has 0 spiro atoms. The van der Waals surface area contributed by atoms with Crippen LogP contribution >= 0.6 is 0 Å². The van der Waals surface area contributed by atoms with Crippen LogP contribution in [0, 0.1) is 0 Å². The molecule has 0 heterocycles. The van der Waals surface area contributed by atoms with Crippen LogP contribution in [0.2, 0.25) is 0 Å². The van der Waals surface area contributed by atoms with Crippen LogP contribution in [0.15, 0.2) is 24.3 Å². The number of hydrogen-bond donors (Lipinski definition) is 1. The van der Waals surface area contributed by atoms with Crippen molar-refractivity contribution >= 4 is 5.97 Å². The Labute approximate surface area is 75.0 Å². The van der Waals surface area contributed by atoms with Crippen LogP contribution in [0.4, 0.5) is 4.39 Å². The molecule has 1 fully saturated rings. The van der Waals surface area contributed by atoms with E-state index in [-0.39, 0.29) is 11.5 Å². The fraction of sp³-hybridized carbons (Fsp3) is 0.300. The SMILES string of the molecule is O=C(O)c1ccccc1C1CC1F. The molecule has 3 heteroatoms. The van der Waals surface area contributed by atoms with Gasteiger partial charge >= 0.3 is 5.97 Å². The van der Waals surface area contributed by atoms with E-state index in [0.717, 1.165) is 0 Å². The van der Waals surface area contributed by atoms with E-state index in [4.69, 9.17) is 5.11 Å². The van der Waals surface area contributed by atoms with Crippen molar-refractivity contribution in [3.05, 3.63) is 35.4 Å². The van der Waals surface area contributed by atoms with Gasteiger partial charge in [-0.1, -0.05) is 18.2 Å². The number of carbonyl (C=O) groups is 1. The molecule has 2 unspecified atom stereocenters. The lowest BCUT2D eigenvalue weighted by atomic mass is 10.0. The predicted octanol–water partition coefficient (Wildman–Crippen LogP) is 2.21. The lowest BCUT2D eigenvalue weighted by molar-refractivity contribution is 0.0695. The first kappa shape index (κ1) is 8.23. The van der Waals surface area contributed by atoms with E-state index in [1.165, 1.54) is 6.07 Å². The van der Waals surface area contributed by atoms with E-state index in [0.29, 0.717) is 12.0 Å². The summed E-state index contributed by atoms with van der Waals surface area (Å²) in [5, 5.41) is 8.81. The molecule has 1 saturated carbocycles. The number of alkyl halides is 1. The van der Waals surface area contributed by atoms with Gasteiger partial charge in [-0.05, 0) is 18.1 Å². The van der Waals surface area contributed by atoms with Gasteiger partial charge in [0.1, 0.15) is 6.17 Å². The van der Waals surface area contributed by atoms with Crippen molar-refractivity contribution in [3.63, 3.8) is 0 Å². The molecule has 1 N–H and O–H groups in total. The third kappa shape index (κ3) is 1.41. The van der Waals surface area contributed by atoms with Gasteiger partial charge in [0.2, 0.25) is 0 Å². The summed E-state index contributed by atoms with van der Waals surface area (Å²) in [7, 11) is 0. The molecule has 68 valence electrons. The number of carboxylic acids is 1. The second-order valence-electron chi connectivity index (χ2n) is 3.25. The standard InChI is InChI=1S/C10H9FO2/c11-9-5-8(9)6-3-1-2-4-7(6)10(12)13/h1-4,8-9H,5H2,(H,12,13). The molecule has 2 rings (SSSR count). The first-order chi connectivity index (χ1) is 6.20. The molecular weight excluding hydrogens is 171 g/mol. The summed E-state index contributed by atoms with van der Waals surface area (Å²) in [5.74, 6) is -1.16. The van der Waals surface area contributed by atoms with Crippen LogP contribution in [0.5, 0.6) is 0 Å². The Hall–Kier alpha value is -1.38. The molecule has 0 aromatic heterocycles. The molecule has 0 amide bonds. The maximum absolute atomic E-state index is 12.7. The Balaban J connectivity index is 2.38. The molecule has 0 aliphatic heterocycles. The quantitative estimate of drug-likeness (QED) is 0.757. The summed E-state index contributed by atoms with van der Waals surface area (Å²) < 4.78 is 12.7. The van der Waals surface area contributed by atoms with Gasteiger partial charge in [0, 0.05) is 5.92 Å². The summed E-state index contributed by atoms with van der Waals surface area (Å²) in [6.45, 7) is 0. The summed E-state index contributed by atoms with van der Waals surface area (Å²) in [4.78, 5) is 10.7. The van der Waals surface area contributed by atoms with Crippen LogP contribution in [-0.2, 0) is 0 Å². The average Bonchev–Trinajstić information content (AvgIpc) is 2.82. The average molecular weight is 180 g/mol. The minimum atomic E-state index is -0.977. The van der Waals surface area contributed by atoms with Crippen molar-refractivity contribution in [1.82, 2.24) is 0 Å². The molecule has 13 heavy (non-hydrogen) atoms. The number of rotatable bonds is 2. The summed E-state index contributed by atoms with van der Waals surface area (Å²) in [6, 6.07) is 6.60. The smallest absolute Gasteiger partial charge is 0.335 e. The highest BCUT2D eigenvalue weighted by atomic mass is 19.1. The monoisotopic (exact) mass is 180 g/mol. The largest absolute Gasteiger partial charge is 0.478 e. The Morgan fingerprint density at radius 1 is 1.46 bits per heavy atom. The van der Waals surface area contributed by atoms with Crippen molar-refractivity contribution < 1.29 is 14.3 Å². The molecule has 2 nitrogen and oxygen atoms in total. The van der Waals surface area contributed by atoms with Crippen molar-refractivity contribution in [1.29, 1.82) is 0 Å². The van der Waals surface area contributed by atoms with Gasteiger partial charge in [0.05, 0.1) is 5.56 Å². The minimum Gasteiger partial charge on any atom is -0.478 e. The Morgan fingerprint density at radius 3 is 2.62 bits per heavy atom. The summed E-state index contributed by atoms with van der Waals surface area (Å²) in [5.41, 5.74) is 0.857.